The summed E-state index contributed by atoms with van der Waals surface area (Å²) < 4.78 is 6.21. The van der Waals surface area contributed by atoms with E-state index < -0.39 is 4.92 Å². The molecule has 110 valence electrons. The van der Waals surface area contributed by atoms with Crippen molar-refractivity contribution >= 4 is 21.6 Å². The van der Waals surface area contributed by atoms with E-state index in [1.165, 1.54) is 12.1 Å². The second-order valence-electron chi connectivity index (χ2n) is 4.62. The van der Waals surface area contributed by atoms with Crippen molar-refractivity contribution in [2.24, 2.45) is 0 Å². The van der Waals surface area contributed by atoms with Gasteiger partial charge in [-0.05, 0) is 17.7 Å². The standard InChI is InChI=1S/C15H10BrN3O3/c16-12-6-4-10(5-7-12)8-14-17-15(18-22-14)11-2-1-3-13(9-11)19(20)21/h1-7,9H,8H2. The van der Waals surface area contributed by atoms with Gasteiger partial charge < -0.3 is 4.52 Å². The zero-order valence-corrected chi connectivity index (χ0v) is 12.9. The molecule has 6 nitrogen and oxygen atoms in total. The van der Waals surface area contributed by atoms with E-state index in [-0.39, 0.29) is 5.69 Å². The summed E-state index contributed by atoms with van der Waals surface area (Å²) in [6.45, 7) is 0. The molecule has 0 radical (unpaired) electrons. The highest BCUT2D eigenvalue weighted by Gasteiger charge is 2.12. The van der Waals surface area contributed by atoms with Crippen LogP contribution in [0.4, 0.5) is 5.69 Å². The molecular weight excluding hydrogens is 350 g/mol. The fraction of sp³-hybridized carbons (Fsp3) is 0.0667. The van der Waals surface area contributed by atoms with Crippen LogP contribution in [0.15, 0.2) is 57.5 Å². The Labute approximate surface area is 134 Å². The molecule has 0 saturated carbocycles. The molecule has 0 unspecified atom stereocenters. The highest BCUT2D eigenvalue weighted by Crippen LogP contribution is 2.22. The molecular formula is C15H10BrN3O3. The molecule has 3 rings (SSSR count). The number of aromatic nitrogens is 2. The predicted molar refractivity (Wildman–Crippen MR) is 83.3 cm³/mol. The van der Waals surface area contributed by atoms with Crippen molar-refractivity contribution in [3.8, 4) is 11.4 Å². The van der Waals surface area contributed by atoms with Gasteiger partial charge in [0.25, 0.3) is 5.69 Å². The molecule has 22 heavy (non-hydrogen) atoms. The highest BCUT2D eigenvalue weighted by molar-refractivity contribution is 9.10. The first kappa shape index (κ1) is 14.4. The quantitative estimate of drug-likeness (QED) is 0.519. The van der Waals surface area contributed by atoms with Crippen LogP contribution >= 0.6 is 15.9 Å². The van der Waals surface area contributed by atoms with Crippen molar-refractivity contribution in [3.05, 3.63) is 74.6 Å². The van der Waals surface area contributed by atoms with E-state index in [9.17, 15) is 10.1 Å². The van der Waals surface area contributed by atoms with Crippen LogP contribution in [0.3, 0.4) is 0 Å². The van der Waals surface area contributed by atoms with E-state index in [1.807, 2.05) is 24.3 Å². The molecule has 0 spiro atoms. The number of nitro groups is 1. The van der Waals surface area contributed by atoms with Gasteiger partial charge in [-0.3, -0.25) is 10.1 Å². The predicted octanol–water partition coefficient (Wildman–Crippen LogP) is 4.00. The van der Waals surface area contributed by atoms with E-state index in [0.717, 1.165) is 10.0 Å². The lowest BCUT2D eigenvalue weighted by Gasteiger charge is -1.96. The number of halogens is 1. The number of hydrogen-bond acceptors (Lipinski definition) is 5. The fourth-order valence-electron chi connectivity index (χ4n) is 1.98. The maximum absolute atomic E-state index is 10.8. The van der Waals surface area contributed by atoms with Gasteiger partial charge in [-0.2, -0.15) is 4.98 Å². The van der Waals surface area contributed by atoms with Gasteiger partial charge in [-0.1, -0.05) is 45.4 Å². The normalized spacial score (nSPS) is 10.6. The summed E-state index contributed by atoms with van der Waals surface area (Å²) in [5.41, 5.74) is 1.59. The van der Waals surface area contributed by atoms with Crippen molar-refractivity contribution < 1.29 is 9.45 Å². The summed E-state index contributed by atoms with van der Waals surface area (Å²) >= 11 is 3.38. The van der Waals surface area contributed by atoms with Crippen LogP contribution in [0.25, 0.3) is 11.4 Å². The van der Waals surface area contributed by atoms with Gasteiger partial charge in [0.15, 0.2) is 0 Å². The molecule has 0 fully saturated rings. The van der Waals surface area contributed by atoms with E-state index >= 15 is 0 Å². The van der Waals surface area contributed by atoms with Gasteiger partial charge >= 0.3 is 0 Å². The number of non-ortho nitro benzene ring substituents is 1. The van der Waals surface area contributed by atoms with Gasteiger partial charge in [0.05, 0.1) is 11.3 Å². The minimum Gasteiger partial charge on any atom is -0.339 e. The SMILES string of the molecule is O=[N+]([O-])c1cccc(-c2noc(Cc3ccc(Br)cc3)n2)c1. The van der Waals surface area contributed by atoms with Crippen LogP contribution in [0.5, 0.6) is 0 Å². The molecule has 1 heterocycles. The summed E-state index contributed by atoms with van der Waals surface area (Å²) in [4.78, 5) is 14.6. The topological polar surface area (TPSA) is 82.1 Å². The van der Waals surface area contributed by atoms with Crippen LogP contribution < -0.4 is 0 Å². The summed E-state index contributed by atoms with van der Waals surface area (Å²) in [6.07, 6.45) is 0.509. The maximum Gasteiger partial charge on any atom is 0.270 e. The zero-order chi connectivity index (χ0) is 15.5. The third-order valence-corrected chi connectivity index (χ3v) is 3.58. The van der Waals surface area contributed by atoms with Gasteiger partial charge in [-0.15, -0.1) is 0 Å². The Morgan fingerprint density at radius 2 is 1.95 bits per heavy atom. The number of hydrogen-bond donors (Lipinski definition) is 0. The molecule has 0 bridgehead atoms. The largest absolute Gasteiger partial charge is 0.339 e. The van der Waals surface area contributed by atoms with Crippen molar-refractivity contribution in [2.45, 2.75) is 6.42 Å². The summed E-state index contributed by atoms with van der Waals surface area (Å²) in [5.74, 6) is 0.805. The molecule has 0 N–H and O–H groups in total. The van der Waals surface area contributed by atoms with E-state index in [4.69, 9.17) is 4.52 Å². The lowest BCUT2D eigenvalue weighted by atomic mass is 10.1. The van der Waals surface area contributed by atoms with Crippen LogP contribution in [0.2, 0.25) is 0 Å². The first-order valence-corrected chi connectivity index (χ1v) is 7.23. The van der Waals surface area contributed by atoms with Crippen molar-refractivity contribution in [1.82, 2.24) is 10.1 Å². The molecule has 0 aliphatic heterocycles. The molecule has 0 amide bonds. The molecule has 1 aromatic heterocycles. The highest BCUT2D eigenvalue weighted by atomic mass is 79.9. The van der Waals surface area contributed by atoms with Crippen LogP contribution in [0.1, 0.15) is 11.5 Å². The smallest absolute Gasteiger partial charge is 0.270 e. The number of benzene rings is 2. The third-order valence-electron chi connectivity index (χ3n) is 3.05. The number of nitrogens with zero attached hydrogens (tertiary/aromatic N) is 3. The minimum absolute atomic E-state index is 0.00300. The Hall–Kier alpha value is -2.54. The Balaban J connectivity index is 1.83. The van der Waals surface area contributed by atoms with Crippen LogP contribution in [0, 0.1) is 10.1 Å². The first-order valence-electron chi connectivity index (χ1n) is 6.44. The summed E-state index contributed by atoms with van der Waals surface area (Å²) in [7, 11) is 0. The Bertz CT molecular complexity index is 815. The Morgan fingerprint density at radius 1 is 1.18 bits per heavy atom. The second-order valence-corrected chi connectivity index (χ2v) is 5.54. The average Bonchev–Trinajstić information content (AvgIpc) is 2.98. The molecule has 0 aliphatic carbocycles. The summed E-state index contributed by atoms with van der Waals surface area (Å²) in [6, 6.07) is 13.9. The van der Waals surface area contributed by atoms with E-state index in [1.54, 1.807) is 12.1 Å². The van der Waals surface area contributed by atoms with Gasteiger partial charge in [0.1, 0.15) is 0 Å². The second kappa shape index (κ2) is 6.07. The Kier molecular flexibility index (Phi) is 3.97. The van der Waals surface area contributed by atoms with E-state index in [0.29, 0.717) is 23.7 Å². The maximum atomic E-state index is 10.8. The monoisotopic (exact) mass is 359 g/mol. The number of rotatable bonds is 4. The molecule has 0 aliphatic rings. The van der Waals surface area contributed by atoms with Crippen LogP contribution in [-0.4, -0.2) is 15.1 Å². The zero-order valence-electron chi connectivity index (χ0n) is 11.3. The number of nitro benzene ring substituents is 1. The van der Waals surface area contributed by atoms with Crippen molar-refractivity contribution in [1.29, 1.82) is 0 Å². The van der Waals surface area contributed by atoms with Gasteiger partial charge in [0.2, 0.25) is 11.7 Å². The first-order chi connectivity index (χ1) is 10.6. The molecule has 0 atom stereocenters. The van der Waals surface area contributed by atoms with E-state index in [2.05, 4.69) is 26.1 Å². The van der Waals surface area contributed by atoms with Crippen molar-refractivity contribution in [3.63, 3.8) is 0 Å². The molecule has 7 heteroatoms. The fourth-order valence-corrected chi connectivity index (χ4v) is 2.24. The third kappa shape index (κ3) is 3.20. The summed E-state index contributed by atoms with van der Waals surface area (Å²) in [5, 5.41) is 14.7. The Morgan fingerprint density at radius 3 is 2.68 bits per heavy atom. The van der Waals surface area contributed by atoms with Gasteiger partial charge in [0, 0.05) is 22.2 Å². The van der Waals surface area contributed by atoms with Crippen molar-refractivity contribution in [2.75, 3.05) is 0 Å². The minimum atomic E-state index is -0.452. The van der Waals surface area contributed by atoms with Gasteiger partial charge in [-0.25, -0.2) is 0 Å². The lowest BCUT2D eigenvalue weighted by Crippen LogP contribution is -1.90. The lowest BCUT2D eigenvalue weighted by molar-refractivity contribution is -0.384. The average molecular weight is 360 g/mol. The molecule has 0 saturated heterocycles. The van der Waals surface area contributed by atoms with Crippen LogP contribution in [-0.2, 0) is 6.42 Å². The molecule has 2 aromatic carbocycles. The molecule has 3 aromatic rings.